The number of Topliss-reactive ketones (excluding diaryl/α,β-unsaturated/α-hetero) is 1. The van der Waals surface area contributed by atoms with Crippen molar-refractivity contribution in [2.24, 2.45) is 0 Å². The maximum absolute atomic E-state index is 12.8. The molecule has 0 heterocycles. The van der Waals surface area contributed by atoms with Crippen molar-refractivity contribution in [3.63, 3.8) is 0 Å². The Morgan fingerprint density at radius 1 is 1.22 bits per heavy atom. The second-order valence-corrected chi connectivity index (χ2v) is 5.43. The van der Waals surface area contributed by atoms with Crippen LogP contribution in [-0.2, 0) is 0 Å². The van der Waals surface area contributed by atoms with Crippen LogP contribution in [-0.4, -0.2) is 30.3 Å². The van der Waals surface area contributed by atoms with Gasteiger partial charge >= 0.3 is 0 Å². The molecule has 0 aliphatic heterocycles. The smallest absolute Gasteiger partial charge is 0.184 e. The monoisotopic (exact) mass is 287 g/mol. The summed E-state index contributed by atoms with van der Waals surface area (Å²) in [6.07, 6.45) is 1.47. The molecular weight excluding hydrogens is 269 g/mol. The van der Waals surface area contributed by atoms with E-state index in [1.165, 1.54) is 0 Å². The molecule has 100 valence electrons. The summed E-state index contributed by atoms with van der Waals surface area (Å²) in [4.78, 5) is 14.7. The van der Waals surface area contributed by atoms with Crippen molar-refractivity contribution in [1.82, 2.24) is 4.90 Å². The van der Waals surface area contributed by atoms with E-state index in [0.29, 0.717) is 15.6 Å². The lowest BCUT2D eigenvalue weighted by molar-refractivity contribution is 0.0656. The highest BCUT2D eigenvalue weighted by atomic mass is 35.5. The lowest BCUT2D eigenvalue weighted by Gasteiger charge is -2.37. The van der Waals surface area contributed by atoms with Crippen LogP contribution >= 0.6 is 23.2 Å². The fourth-order valence-corrected chi connectivity index (χ4v) is 2.70. The molecule has 1 aromatic carbocycles. The third kappa shape index (κ3) is 2.71. The Hall–Kier alpha value is -0.570. The van der Waals surface area contributed by atoms with Crippen molar-refractivity contribution in [3.8, 4) is 0 Å². The highest BCUT2D eigenvalue weighted by Gasteiger charge is 2.38. The highest BCUT2D eigenvalue weighted by molar-refractivity contribution is 6.36. The van der Waals surface area contributed by atoms with Gasteiger partial charge in [0.15, 0.2) is 5.78 Å². The second-order valence-electron chi connectivity index (χ2n) is 4.59. The van der Waals surface area contributed by atoms with Crippen LogP contribution in [0.4, 0.5) is 0 Å². The molecule has 0 saturated heterocycles. The lowest BCUT2D eigenvalue weighted by Crippen LogP contribution is -2.50. The summed E-state index contributed by atoms with van der Waals surface area (Å²) >= 11 is 12.1. The molecule has 2 nitrogen and oxygen atoms in total. The summed E-state index contributed by atoms with van der Waals surface area (Å²) in [5.41, 5.74) is -0.0181. The van der Waals surface area contributed by atoms with Crippen LogP contribution in [0.2, 0.25) is 10.0 Å². The van der Waals surface area contributed by atoms with Gasteiger partial charge in [-0.25, -0.2) is 0 Å². The Morgan fingerprint density at radius 2 is 1.78 bits per heavy atom. The van der Waals surface area contributed by atoms with Crippen LogP contribution in [0.1, 0.15) is 37.0 Å². The summed E-state index contributed by atoms with van der Waals surface area (Å²) < 4.78 is 0. The van der Waals surface area contributed by atoms with Gasteiger partial charge in [0.05, 0.1) is 10.6 Å². The van der Waals surface area contributed by atoms with E-state index in [-0.39, 0.29) is 5.78 Å². The maximum atomic E-state index is 12.8. The quantitative estimate of drug-likeness (QED) is 0.753. The van der Waals surface area contributed by atoms with E-state index in [9.17, 15) is 4.79 Å². The molecule has 0 aliphatic carbocycles. The largest absolute Gasteiger partial charge is 0.297 e. The molecule has 0 amide bonds. The minimum absolute atomic E-state index is 0.0324. The summed E-state index contributed by atoms with van der Waals surface area (Å²) in [5, 5.41) is 0.986. The first-order chi connectivity index (χ1) is 8.39. The molecule has 0 aliphatic rings. The summed E-state index contributed by atoms with van der Waals surface area (Å²) in [5.74, 6) is 0.0324. The fraction of sp³-hybridized carbons (Fsp3) is 0.500. The zero-order valence-electron chi connectivity index (χ0n) is 11.3. The number of carbonyl (C=O) groups excluding carboxylic acids is 1. The van der Waals surface area contributed by atoms with Crippen molar-refractivity contribution in [1.29, 1.82) is 0 Å². The molecular formula is C14H19Cl2NO. The van der Waals surface area contributed by atoms with Gasteiger partial charge in [-0.15, -0.1) is 0 Å². The van der Waals surface area contributed by atoms with Crippen molar-refractivity contribution in [2.75, 3.05) is 14.1 Å². The zero-order chi connectivity index (χ0) is 13.9. The van der Waals surface area contributed by atoms with Gasteiger partial charge in [-0.05, 0) is 45.1 Å². The van der Waals surface area contributed by atoms with Crippen LogP contribution in [0.15, 0.2) is 18.2 Å². The van der Waals surface area contributed by atoms with Crippen LogP contribution in [0, 0.1) is 0 Å². The standard InChI is InChI=1S/C14H19Cl2NO/c1-5-14(6-2,17(3)4)13(18)11-9-10(15)7-8-12(11)16/h7-9H,5-6H2,1-4H3. The predicted molar refractivity (Wildman–Crippen MR) is 77.8 cm³/mol. The molecule has 1 aromatic rings. The van der Waals surface area contributed by atoms with Gasteiger partial charge in [0.1, 0.15) is 0 Å². The number of carbonyl (C=O) groups is 1. The Kier molecular flexibility index (Phi) is 5.20. The van der Waals surface area contributed by atoms with E-state index < -0.39 is 5.54 Å². The van der Waals surface area contributed by atoms with Gasteiger partial charge in [-0.2, -0.15) is 0 Å². The first-order valence-electron chi connectivity index (χ1n) is 6.06. The zero-order valence-corrected chi connectivity index (χ0v) is 12.8. The number of rotatable bonds is 5. The third-order valence-corrected chi connectivity index (χ3v) is 4.19. The minimum Gasteiger partial charge on any atom is -0.297 e. The number of halogens is 2. The van der Waals surface area contributed by atoms with Crippen molar-refractivity contribution in [3.05, 3.63) is 33.8 Å². The average molecular weight is 288 g/mol. The second kappa shape index (κ2) is 6.05. The number of likely N-dealkylation sites (N-methyl/N-ethyl adjacent to an activating group) is 1. The normalized spacial score (nSPS) is 11.9. The SMILES string of the molecule is CCC(CC)(C(=O)c1cc(Cl)ccc1Cl)N(C)C. The molecule has 0 unspecified atom stereocenters. The van der Waals surface area contributed by atoms with Crippen molar-refractivity contribution in [2.45, 2.75) is 32.2 Å². The molecule has 0 saturated carbocycles. The Balaban J connectivity index is 3.30. The van der Waals surface area contributed by atoms with Gasteiger partial charge in [-0.1, -0.05) is 37.0 Å². The molecule has 0 N–H and O–H groups in total. The van der Waals surface area contributed by atoms with Crippen molar-refractivity contribution < 1.29 is 4.79 Å². The van der Waals surface area contributed by atoms with Gasteiger partial charge in [0, 0.05) is 10.6 Å². The van der Waals surface area contributed by atoms with E-state index in [1.807, 2.05) is 32.8 Å². The summed E-state index contributed by atoms with van der Waals surface area (Å²) in [6.45, 7) is 4.03. The molecule has 0 atom stereocenters. The van der Waals surface area contributed by atoms with Gasteiger partial charge in [-0.3, -0.25) is 9.69 Å². The molecule has 4 heteroatoms. The topological polar surface area (TPSA) is 20.3 Å². The Bertz CT molecular complexity index is 439. The van der Waals surface area contributed by atoms with Crippen LogP contribution in [0.3, 0.4) is 0 Å². The van der Waals surface area contributed by atoms with Gasteiger partial charge < -0.3 is 0 Å². The predicted octanol–water partition coefficient (Wildman–Crippen LogP) is 4.30. The molecule has 0 spiro atoms. The van der Waals surface area contributed by atoms with Crippen LogP contribution in [0.5, 0.6) is 0 Å². The van der Waals surface area contributed by atoms with Gasteiger partial charge in [0.25, 0.3) is 0 Å². The van der Waals surface area contributed by atoms with Gasteiger partial charge in [0.2, 0.25) is 0 Å². The van der Waals surface area contributed by atoms with E-state index >= 15 is 0 Å². The summed E-state index contributed by atoms with van der Waals surface area (Å²) in [7, 11) is 3.84. The minimum atomic E-state index is -0.520. The molecule has 0 radical (unpaired) electrons. The van der Waals surface area contributed by atoms with E-state index in [0.717, 1.165) is 12.8 Å². The molecule has 18 heavy (non-hydrogen) atoms. The maximum Gasteiger partial charge on any atom is 0.184 e. The molecule has 0 aromatic heterocycles. The first kappa shape index (κ1) is 15.5. The molecule has 0 bridgehead atoms. The third-order valence-electron chi connectivity index (χ3n) is 3.62. The van der Waals surface area contributed by atoms with E-state index in [2.05, 4.69) is 0 Å². The Labute approximate surface area is 119 Å². The molecule has 0 fully saturated rings. The average Bonchev–Trinajstić information content (AvgIpc) is 2.34. The highest BCUT2D eigenvalue weighted by Crippen LogP contribution is 2.31. The number of hydrogen-bond acceptors (Lipinski definition) is 2. The van der Waals surface area contributed by atoms with Crippen LogP contribution in [0.25, 0.3) is 0 Å². The Morgan fingerprint density at radius 3 is 2.22 bits per heavy atom. The lowest BCUT2D eigenvalue weighted by atomic mass is 9.83. The first-order valence-corrected chi connectivity index (χ1v) is 6.82. The number of nitrogens with zero attached hydrogens (tertiary/aromatic N) is 1. The summed E-state index contributed by atoms with van der Waals surface area (Å²) in [6, 6.07) is 5.01. The number of ketones is 1. The number of hydrogen-bond donors (Lipinski definition) is 0. The van der Waals surface area contributed by atoms with E-state index in [1.54, 1.807) is 18.2 Å². The van der Waals surface area contributed by atoms with Crippen LogP contribution < -0.4 is 0 Å². The number of benzene rings is 1. The fourth-order valence-electron chi connectivity index (χ4n) is 2.33. The molecule has 1 rings (SSSR count). The van der Waals surface area contributed by atoms with Crippen molar-refractivity contribution >= 4 is 29.0 Å². The van der Waals surface area contributed by atoms with E-state index in [4.69, 9.17) is 23.2 Å².